The van der Waals surface area contributed by atoms with Crippen LogP contribution < -0.4 is 5.32 Å². The number of pyridine rings is 1. The van der Waals surface area contributed by atoms with Gasteiger partial charge in [0.2, 0.25) is 0 Å². The highest BCUT2D eigenvalue weighted by atomic mass is 79.9. The van der Waals surface area contributed by atoms with E-state index >= 15 is 0 Å². The van der Waals surface area contributed by atoms with Crippen molar-refractivity contribution in [2.75, 3.05) is 5.32 Å². The standard InChI is InChI=1S/C21H18BrN5OS/c1-11-18-15(9-16(12-6-7-12)23-19(18)27(2)26-11)20(28)25-21-24-17(10-29-21)13-4-3-5-14(22)8-13/h3-5,8-10,12H,6-7H2,1-2H3,(H,24,25,28). The van der Waals surface area contributed by atoms with Crippen molar-refractivity contribution in [1.29, 1.82) is 0 Å². The number of fused-ring (bicyclic) bond motifs is 1. The van der Waals surface area contributed by atoms with Gasteiger partial charge in [-0.2, -0.15) is 5.10 Å². The topological polar surface area (TPSA) is 72.7 Å². The number of hydrogen-bond donors (Lipinski definition) is 1. The molecule has 1 fully saturated rings. The minimum absolute atomic E-state index is 0.175. The number of anilines is 1. The molecule has 0 bridgehead atoms. The summed E-state index contributed by atoms with van der Waals surface area (Å²) >= 11 is 4.90. The Morgan fingerprint density at radius 1 is 1.28 bits per heavy atom. The first kappa shape index (κ1) is 18.4. The van der Waals surface area contributed by atoms with Gasteiger partial charge in [0.15, 0.2) is 10.8 Å². The fourth-order valence-electron chi connectivity index (χ4n) is 3.51. The lowest BCUT2D eigenvalue weighted by molar-refractivity contribution is 0.102. The number of aryl methyl sites for hydroxylation is 2. The van der Waals surface area contributed by atoms with Crippen molar-refractivity contribution in [2.45, 2.75) is 25.7 Å². The van der Waals surface area contributed by atoms with Gasteiger partial charge in [-0.25, -0.2) is 9.97 Å². The summed E-state index contributed by atoms with van der Waals surface area (Å²) in [7, 11) is 1.87. The van der Waals surface area contributed by atoms with Crippen LogP contribution in [0.3, 0.4) is 0 Å². The maximum Gasteiger partial charge on any atom is 0.258 e. The van der Waals surface area contributed by atoms with Crippen LogP contribution in [0.5, 0.6) is 0 Å². The van der Waals surface area contributed by atoms with Crippen molar-refractivity contribution in [3.05, 3.63) is 57.1 Å². The quantitative estimate of drug-likeness (QED) is 0.442. The van der Waals surface area contributed by atoms with E-state index in [1.54, 1.807) is 4.68 Å². The van der Waals surface area contributed by atoms with Gasteiger partial charge in [0, 0.05) is 34.1 Å². The fourth-order valence-corrected chi connectivity index (χ4v) is 4.62. The third kappa shape index (κ3) is 3.47. The molecule has 1 aliphatic rings. The van der Waals surface area contributed by atoms with E-state index in [4.69, 9.17) is 4.98 Å². The van der Waals surface area contributed by atoms with E-state index in [0.717, 1.165) is 51.0 Å². The smallest absolute Gasteiger partial charge is 0.258 e. The van der Waals surface area contributed by atoms with Crippen LogP contribution in [0.2, 0.25) is 0 Å². The molecule has 3 heterocycles. The summed E-state index contributed by atoms with van der Waals surface area (Å²) in [5.74, 6) is 0.273. The summed E-state index contributed by atoms with van der Waals surface area (Å²) in [5, 5.41) is 10.8. The van der Waals surface area contributed by atoms with Crippen molar-refractivity contribution in [3.8, 4) is 11.3 Å². The molecule has 1 amide bonds. The molecule has 5 rings (SSSR count). The summed E-state index contributed by atoms with van der Waals surface area (Å²) < 4.78 is 2.75. The number of nitrogens with one attached hydrogen (secondary N) is 1. The lowest BCUT2D eigenvalue weighted by Crippen LogP contribution is -2.13. The Kier molecular flexibility index (Phi) is 4.48. The van der Waals surface area contributed by atoms with E-state index < -0.39 is 0 Å². The van der Waals surface area contributed by atoms with E-state index in [-0.39, 0.29) is 5.91 Å². The van der Waals surface area contributed by atoms with Gasteiger partial charge in [0.1, 0.15) is 0 Å². The molecule has 0 radical (unpaired) electrons. The Balaban J connectivity index is 1.49. The lowest BCUT2D eigenvalue weighted by Gasteiger charge is -2.07. The maximum atomic E-state index is 13.2. The Bertz CT molecular complexity index is 1260. The van der Waals surface area contributed by atoms with Gasteiger partial charge in [0.25, 0.3) is 5.91 Å². The number of carbonyl (C=O) groups excluding carboxylic acids is 1. The third-order valence-electron chi connectivity index (χ3n) is 5.07. The average Bonchev–Trinajstić information content (AvgIpc) is 3.38. The van der Waals surface area contributed by atoms with Crippen molar-refractivity contribution in [3.63, 3.8) is 0 Å². The summed E-state index contributed by atoms with van der Waals surface area (Å²) in [5.41, 5.74) is 4.98. The van der Waals surface area contributed by atoms with Crippen molar-refractivity contribution < 1.29 is 4.79 Å². The molecule has 8 heteroatoms. The normalized spacial score (nSPS) is 13.8. The number of nitrogens with zero attached hydrogens (tertiary/aromatic N) is 4. The number of hydrogen-bond acceptors (Lipinski definition) is 5. The van der Waals surface area contributed by atoms with Gasteiger partial charge in [-0.3, -0.25) is 14.8 Å². The average molecular weight is 468 g/mol. The molecule has 4 aromatic rings. The molecular formula is C21H18BrN5OS. The number of aromatic nitrogens is 4. The van der Waals surface area contributed by atoms with Gasteiger partial charge >= 0.3 is 0 Å². The minimum Gasteiger partial charge on any atom is -0.298 e. The van der Waals surface area contributed by atoms with Gasteiger partial charge in [-0.05, 0) is 38.0 Å². The first-order valence-corrected chi connectivity index (χ1v) is 11.0. The Hall–Kier alpha value is -2.58. The summed E-state index contributed by atoms with van der Waals surface area (Å²) in [4.78, 5) is 22.5. The zero-order chi connectivity index (χ0) is 20.1. The number of benzene rings is 1. The van der Waals surface area contributed by atoms with Crippen LogP contribution in [-0.2, 0) is 7.05 Å². The molecule has 1 aromatic carbocycles. The van der Waals surface area contributed by atoms with E-state index in [9.17, 15) is 4.79 Å². The molecule has 0 atom stereocenters. The number of amides is 1. The van der Waals surface area contributed by atoms with Crippen LogP contribution >= 0.6 is 27.3 Å². The summed E-state index contributed by atoms with van der Waals surface area (Å²) in [6.45, 7) is 1.91. The highest BCUT2D eigenvalue weighted by Gasteiger charge is 2.28. The monoisotopic (exact) mass is 467 g/mol. The highest BCUT2D eigenvalue weighted by Crippen LogP contribution is 2.40. The molecule has 1 N–H and O–H groups in total. The van der Waals surface area contributed by atoms with Gasteiger partial charge in [-0.1, -0.05) is 28.1 Å². The van der Waals surface area contributed by atoms with E-state index in [2.05, 4.69) is 31.3 Å². The number of thiazole rings is 1. The molecule has 1 aliphatic carbocycles. The Morgan fingerprint density at radius 2 is 2.10 bits per heavy atom. The molecule has 3 aromatic heterocycles. The molecule has 0 unspecified atom stereocenters. The van der Waals surface area contributed by atoms with Crippen molar-refractivity contribution in [2.24, 2.45) is 7.05 Å². The molecule has 29 heavy (non-hydrogen) atoms. The highest BCUT2D eigenvalue weighted by molar-refractivity contribution is 9.10. The largest absolute Gasteiger partial charge is 0.298 e. The second-order valence-electron chi connectivity index (χ2n) is 7.28. The molecule has 0 aliphatic heterocycles. The molecular weight excluding hydrogens is 450 g/mol. The Labute approximate surface area is 180 Å². The zero-order valence-electron chi connectivity index (χ0n) is 15.9. The number of halogens is 1. The van der Waals surface area contributed by atoms with Crippen molar-refractivity contribution >= 4 is 49.3 Å². The Morgan fingerprint density at radius 3 is 2.86 bits per heavy atom. The van der Waals surface area contributed by atoms with Crippen LogP contribution in [-0.4, -0.2) is 25.7 Å². The predicted molar refractivity (Wildman–Crippen MR) is 118 cm³/mol. The van der Waals surface area contributed by atoms with Gasteiger partial charge in [0.05, 0.1) is 22.3 Å². The maximum absolute atomic E-state index is 13.2. The molecule has 1 saturated carbocycles. The summed E-state index contributed by atoms with van der Waals surface area (Å²) in [6.07, 6.45) is 2.25. The number of carbonyl (C=O) groups is 1. The van der Waals surface area contributed by atoms with E-state index in [0.29, 0.717) is 16.6 Å². The third-order valence-corrected chi connectivity index (χ3v) is 6.32. The van der Waals surface area contributed by atoms with Crippen LogP contribution in [0.15, 0.2) is 40.2 Å². The second kappa shape index (κ2) is 7.03. The van der Waals surface area contributed by atoms with E-state index in [1.165, 1.54) is 11.3 Å². The minimum atomic E-state index is -0.175. The van der Waals surface area contributed by atoms with Crippen LogP contribution in [0.1, 0.15) is 40.5 Å². The van der Waals surface area contributed by atoms with Crippen LogP contribution in [0, 0.1) is 6.92 Å². The van der Waals surface area contributed by atoms with E-state index in [1.807, 2.05) is 49.7 Å². The van der Waals surface area contributed by atoms with Gasteiger partial charge in [-0.15, -0.1) is 11.3 Å². The molecule has 6 nitrogen and oxygen atoms in total. The van der Waals surface area contributed by atoms with Crippen LogP contribution in [0.25, 0.3) is 22.3 Å². The first-order valence-electron chi connectivity index (χ1n) is 9.36. The fraction of sp³-hybridized carbons (Fsp3) is 0.238. The summed E-state index contributed by atoms with van der Waals surface area (Å²) in [6, 6.07) is 9.87. The van der Waals surface area contributed by atoms with Gasteiger partial charge < -0.3 is 0 Å². The number of rotatable bonds is 4. The van der Waals surface area contributed by atoms with Crippen molar-refractivity contribution in [1.82, 2.24) is 19.7 Å². The predicted octanol–water partition coefficient (Wildman–Crippen LogP) is 5.29. The van der Waals surface area contributed by atoms with Crippen LogP contribution in [0.4, 0.5) is 5.13 Å². The zero-order valence-corrected chi connectivity index (χ0v) is 18.3. The molecule has 0 saturated heterocycles. The molecule has 0 spiro atoms. The second-order valence-corrected chi connectivity index (χ2v) is 9.05. The lowest BCUT2D eigenvalue weighted by atomic mass is 10.1. The molecule has 146 valence electrons. The SMILES string of the molecule is Cc1nn(C)c2nc(C3CC3)cc(C(=O)Nc3nc(-c4cccc(Br)c4)cs3)c12. The first-order chi connectivity index (χ1) is 14.0.